The fraction of sp³-hybridized carbons (Fsp3) is 0.250. The first-order valence-corrected chi connectivity index (χ1v) is 4.62. The molecule has 2 N–H and O–H groups in total. The van der Waals surface area contributed by atoms with Crippen LogP contribution in [0.5, 0.6) is 0 Å². The van der Waals surface area contributed by atoms with E-state index in [1.165, 1.54) is 6.20 Å². The van der Waals surface area contributed by atoms with Gasteiger partial charge in [-0.2, -0.15) is 0 Å². The van der Waals surface area contributed by atoms with Crippen molar-refractivity contribution in [3.63, 3.8) is 0 Å². The van der Waals surface area contributed by atoms with Crippen LogP contribution in [0.1, 0.15) is 13.8 Å². The summed E-state index contributed by atoms with van der Waals surface area (Å²) in [6, 6.07) is 0. The highest BCUT2D eigenvalue weighted by atomic mass is 127. The summed E-state index contributed by atoms with van der Waals surface area (Å²) in [5.74, 6) is 0.401. The number of rotatable bonds is 3. The largest absolute Gasteiger partial charge is 0.382 e. The highest BCUT2D eigenvalue weighted by Crippen LogP contribution is 2.05. The van der Waals surface area contributed by atoms with Crippen LogP contribution in [0.25, 0.3) is 0 Å². The third-order valence-corrected chi connectivity index (χ3v) is 1.40. The lowest BCUT2D eigenvalue weighted by Crippen LogP contribution is -2.14. The number of aliphatic imine (C=N–C) groups is 2. The molecule has 0 spiro atoms. The van der Waals surface area contributed by atoms with Gasteiger partial charge >= 0.3 is 0 Å². The standard InChI is InChI=1S/C8H12IN3/c1-4-11-8(10)7(6(2)3)12-5-9/h4-5H,1H2,2-3H3,(H2,10,11)/b12-5-. The van der Waals surface area contributed by atoms with E-state index >= 15 is 0 Å². The van der Waals surface area contributed by atoms with Crippen molar-refractivity contribution >= 4 is 32.6 Å². The normalized spacial score (nSPS) is 11.8. The van der Waals surface area contributed by atoms with Crippen LogP contribution in [0, 0.1) is 0 Å². The molecular weight excluding hydrogens is 265 g/mol. The second-order valence-corrected chi connectivity index (χ2v) is 2.83. The Balaban J connectivity index is 4.90. The maximum absolute atomic E-state index is 5.62. The van der Waals surface area contributed by atoms with Gasteiger partial charge in [0.25, 0.3) is 0 Å². The lowest BCUT2D eigenvalue weighted by atomic mass is 10.2. The predicted molar refractivity (Wildman–Crippen MR) is 62.7 cm³/mol. The van der Waals surface area contributed by atoms with E-state index in [0.717, 1.165) is 5.57 Å². The van der Waals surface area contributed by atoms with Crippen molar-refractivity contribution in [2.24, 2.45) is 15.7 Å². The summed E-state index contributed by atoms with van der Waals surface area (Å²) in [5, 5.41) is 0. The van der Waals surface area contributed by atoms with Crippen molar-refractivity contribution in [2.45, 2.75) is 13.8 Å². The molecule has 0 aliphatic heterocycles. The number of allylic oxidation sites excluding steroid dienone is 1. The van der Waals surface area contributed by atoms with Gasteiger partial charge in [0, 0.05) is 6.20 Å². The number of amidine groups is 1. The first-order chi connectivity index (χ1) is 5.63. The van der Waals surface area contributed by atoms with Crippen LogP contribution < -0.4 is 5.73 Å². The molecule has 0 heterocycles. The highest BCUT2D eigenvalue weighted by Gasteiger charge is 2.00. The molecule has 0 fully saturated rings. The van der Waals surface area contributed by atoms with Crippen LogP contribution in [0.15, 0.2) is 34.0 Å². The molecule has 0 aromatic heterocycles. The SMILES string of the molecule is C=C/N=C(/N)C(/N=C\I)=C(C)C. The minimum Gasteiger partial charge on any atom is -0.382 e. The monoisotopic (exact) mass is 277 g/mol. The van der Waals surface area contributed by atoms with Gasteiger partial charge in [-0.1, -0.05) is 6.58 Å². The lowest BCUT2D eigenvalue weighted by molar-refractivity contribution is 1.26. The molecule has 12 heavy (non-hydrogen) atoms. The number of hydrogen-bond donors (Lipinski definition) is 1. The van der Waals surface area contributed by atoms with Crippen molar-refractivity contribution in [3.8, 4) is 0 Å². The van der Waals surface area contributed by atoms with Crippen molar-refractivity contribution in [1.29, 1.82) is 0 Å². The molecule has 0 atom stereocenters. The Morgan fingerprint density at radius 1 is 1.50 bits per heavy atom. The quantitative estimate of drug-likeness (QED) is 0.480. The van der Waals surface area contributed by atoms with Gasteiger partial charge in [0.05, 0.1) is 4.22 Å². The van der Waals surface area contributed by atoms with Crippen LogP contribution in [0.4, 0.5) is 0 Å². The first-order valence-electron chi connectivity index (χ1n) is 3.38. The Bertz CT molecular complexity index is 247. The predicted octanol–water partition coefficient (Wildman–Crippen LogP) is 2.24. The molecule has 0 radical (unpaired) electrons. The van der Waals surface area contributed by atoms with E-state index in [9.17, 15) is 0 Å². The Kier molecular flexibility index (Phi) is 5.61. The van der Waals surface area contributed by atoms with Crippen molar-refractivity contribution in [3.05, 3.63) is 24.0 Å². The van der Waals surface area contributed by atoms with Gasteiger partial charge in [0.1, 0.15) is 11.5 Å². The van der Waals surface area contributed by atoms with E-state index in [1.807, 2.05) is 36.4 Å². The van der Waals surface area contributed by atoms with E-state index < -0.39 is 0 Å². The van der Waals surface area contributed by atoms with Gasteiger partial charge in [-0.25, -0.2) is 9.98 Å². The average molecular weight is 277 g/mol. The molecule has 0 aromatic rings. The molecular formula is C8H12IN3. The van der Waals surface area contributed by atoms with E-state index in [4.69, 9.17) is 5.73 Å². The molecule has 0 rings (SSSR count). The van der Waals surface area contributed by atoms with Crippen LogP contribution in [-0.4, -0.2) is 10.1 Å². The molecule has 0 aromatic carbocycles. The summed E-state index contributed by atoms with van der Waals surface area (Å²) in [5.41, 5.74) is 7.36. The van der Waals surface area contributed by atoms with Crippen LogP contribution in [0.2, 0.25) is 0 Å². The van der Waals surface area contributed by atoms with Gasteiger partial charge in [0.15, 0.2) is 0 Å². The Labute approximate surface area is 86.3 Å². The number of halogens is 1. The van der Waals surface area contributed by atoms with Gasteiger partial charge < -0.3 is 5.73 Å². The smallest absolute Gasteiger partial charge is 0.149 e. The van der Waals surface area contributed by atoms with Crippen molar-refractivity contribution < 1.29 is 0 Å². The summed E-state index contributed by atoms with van der Waals surface area (Å²) < 4.78 is 1.66. The number of hydrogen-bond acceptors (Lipinski definition) is 2. The second kappa shape index (κ2) is 5.93. The van der Waals surface area contributed by atoms with Gasteiger partial charge in [-0.05, 0) is 42.0 Å². The highest BCUT2D eigenvalue weighted by molar-refractivity contribution is 14.1. The zero-order valence-electron chi connectivity index (χ0n) is 7.21. The minimum atomic E-state index is 0.401. The van der Waals surface area contributed by atoms with E-state index in [0.29, 0.717) is 11.5 Å². The first kappa shape index (κ1) is 11.4. The molecule has 4 heteroatoms. The maximum atomic E-state index is 5.62. The topological polar surface area (TPSA) is 50.7 Å². The van der Waals surface area contributed by atoms with Crippen LogP contribution >= 0.6 is 22.6 Å². The van der Waals surface area contributed by atoms with Crippen LogP contribution in [0.3, 0.4) is 0 Å². The molecule has 0 saturated carbocycles. The summed E-state index contributed by atoms with van der Waals surface area (Å²) in [6.45, 7) is 7.33. The third kappa shape index (κ3) is 3.66. The van der Waals surface area contributed by atoms with Gasteiger partial charge in [-0.15, -0.1) is 0 Å². The molecule has 0 amide bonds. The second-order valence-electron chi connectivity index (χ2n) is 2.27. The Hall–Kier alpha value is -0.650. The van der Waals surface area contributed by atoms with E-state index in [2.05, 4.69) is 16.6 Å². The van der Waals surface area contributed by atoms with Gasteiger partial charge in [0.2, 0.25) is 0 Å². The van der Waals surface area contributed by atoms with Crippen molar-refractivity contribution in [1.82, 2.24) is 0 Å². The molecule has 0 unspecified atom stereocenters. The fourth-order valence-electron chi connectivity index (χ4n) is 0.660. The Morgan fingerprint density at radius 3 is 2.42 bits per heavy atom. The molecule has 0 bridgehead atoms. The fourth-order valence-corrected chi connectivity index (χ4v) is 0.938. The Morgan fingerprint density at radius 2 is 2.08 bits per heavy atom. The van der Waals surface area contributed by atoms with E-state index in [-0.39, 0.29) is 0 Å². The molecule has 0 saturated heterocycles. The zero-order valence-corrected chi connectivity index (χ0v) is 9.37. The molecule has 0 aliphatic carbocycles. The number of nitrogens with two attached hydrogens (primary N) is 1. The molecule has 0 aliphatic rings. The van der Waals surface area contributed by atoms with Crippen molar-refractivity contribution in [2.75, 3.05) is 0 Å². The van der Waals surface area contributed by atoms with E-state index in [1.54, 1.807) is 4.22 Å². The molecule has 66 valence electrons. The summed E-state index contributed by atoms with van der Waals surface area (Å²) >= 11 is 2.04. The minimum absolute atomic E-state index is 0.401. The average Bonchev–Trinajstić information content (AvgIpc) is 1.99. The number of nitrogens with zero attached hydrogens (tertiary/aromatic N) is 2. The third-order valence-electron chi connectivity index (χ3n) is 1.12. The summed E-state index contributed by atoms with van der Waals surface area (Å²) in [4.78, 5) is 7.93. The summed E-state index contributed by atoms with van der Waals surface area (Å²) in [6.07, 6.45) is 1.40. The van der Waals surface area contributed by atoms with Crippen LogP contribution in [-0.2, 0) is 0 Å². The maximum Gasteiger partial charge on any atom is 0.149 e. The zero-order chi connectivity index (χ0) is 9.56. The molecule has 3 nitrogen and oxygen atoms in total. The lowest BCUT2D eigenvalue weighted by Gasteiger charge is -2.01. The van der Waals surface area contributed by atoms with Gasteiger partial charge in [-0.3, -0.25) is 0 Å². The summed E-state index contributed by atoms with van der Waals surface area (Å²) in [7, 11) is 0.